The van der Waals surface area contributed by atoms with Crippen LogP contribution in [0, 0.1) is 0 Å². The second-order valence-corrected chi connectivity index (χ2v) is 3.16. The van der Waals surface area contributed by atoms with Crippen molar-refractivity contribution < 1.29 is 19.4 Å². The molecule has 0 fully saturated rings. The van der Waals surface area contributed by atoms with E-state index >= 15 is 0 Å². The predicted molar refractivity (Wildman–Crippen MR) is 62.5 cm³/mol. The van der Waals surface area contributed by atoms with E-state index in [2.05, 4.69) is 0 Å². The summed E-state index contributed by atoms with van der Waals surface area (Å²) in [5.74, 6) is 0.600. The van der Waals surface area contributed by atoms with Crippen LogP contribution in [0.3, 0.4) is 0 Å². The predicted octanol–water partition coefficient (Wildman–Crippen LogP) is 2.84. The van der Waals surface area contributed by atoms with Gasteiger partial charge in [0.25, 0.3) is 5.97 Å². The quantitative estimate of drug-likeness (QED) is 0.891. The monoisotopic (exact) mass is 246 g/mol. The Labute approximate surface area is 99.7 Å². The number of carbonyl (C=O) groups is 1. The van der Waals surface area contributed by atoms with E-state index in [1.165, 1.54) is 0 Å². The number of hydrogen-bond donors (Lipinski definition) is 1. The maximum atomic E-state index is 9.00. The molecule has 90 valence electrons. The molecule has 0 saturated heterocycles. The van der Waals surface area contributed by atoms with E-state index in [4.69, 9.17) is 31.0 Å². The molecule has 1 rings (SSSR count). The van der Waals surface area contributed by atoms with E-state index in [1.807, 2.05) is 13.0 Å². The molecule has 16 heavy (non-hydrogen) atoms. The molecule has 0 radical (unpaired) electrons. The fourth-order valence-corrected chi connectivity index (χ4v) is 1.11. The lowest BCUT2D eigenvalue weighted by Crippen LogP contribution is -1.92. The first-order valence-corrected chi connectivity index (χ1v) is 5.04. The molecule has 0 unspecified atom stereocenters. The smallest absolute Gasteiger partial charge is 0.300 e. The summed E-state index contributed by atoms with van der Waals surface area (Å²) >= 11 is 5.88. The van der Waals surface area contributed by atoms with Crippen molar-refractivity contribution in [3.63, 3.8) is 0 Å². The Hall–Kier alpha value is -1.42. The zero-order valence-electron chi connectivity index (χ0n) is 9.49. The van der Waals surface area contributed by atoms with Crippen LogP contribution >= 0.6 is 11.6 Å². The molecule has 1 N–H and O–H groups in total. The lowest BCUT2D eigenvalue weighted by atomic mass is 10.3. The van der Waals surface area contributed by atoms with Crippen molar-refractivity contribution in [2.45, 2.75) is 13.8 Å². The van der Waals surface area contributed by atoms with Crippen LogP contribution in [0.1, 0.15) is 13.8 Å². The molecule has 0 heterocycles. The van der Waals surface area contributed by atoms with Crippen LogP contribution in [0.2, 0.25) is 5.02 Å². The van der Waals surface area contributed by atoms with Gasteiger partial charge in [-0.05, 0) is 19.1 Å². The van der Waals surface area contributed by atoms with Crippen LogP contribution in [0.25, 0.3) is 0 Å². The highest BCUT2D eigenvalue weighted by Gasteiger charge is 2.01. The Morgan fingerprint density at radius 2 is 2.06 bits per heavy atom. The Morgan fingerprint density at radius 1 is 1.50 bits per heavy atom. The maximum Gasteiger partial charge on any atom is 0.300 e. The minimum absolute atomic E-state index is 0.580. The zero-order chi connectivity index (χ0) is 12.6. The van der Waals surface area contributed by atoms with Crippen molar-refractivity contribution in [2.24, 2.45) is 0 Å². The van der Waals surface area contributed by atoms with Crippen molar-refractivity contribution in [3.05, 3.63) is 23.2 Å². The first kappa shape index (κ1) is 14.6. The molecule has 5 heteroatoms. The van der Waals surface area contributed by atoms with E-state index in [0.29, 0.717) is 17.4 Å². The van der Waals surface area contributed by atoms with E-state index in [-0.39, 0.29) is 0 Å². The molecule has 1 aromatic rings. The Balaban J connectivity index is 0.000000487. The molecule has 1 aromatic carbocycles. The number of carboxylic acid groups (broad SMARTS) is 1. The van der Waals surface area contributed by atoms with Crippen LogP contribution in [-0.4, -0.2) is 24.8 Å². The van der Waals surface area contributed by atoms with Gasteiger partial charge < -0.3 is 14.6 Å². The maximum absolute atomic E-state index is 9.00. The second-order valence-electron chi connectivity index (χ2n) is 2.75. The van der Waals surface area contributed by atoms with Crippen LogP contribution < -0.4 is 9.47 Å². The van der Waals surface area contributed by atoms with Crippen molar-refractivity contribution >= 4 is 17.6 Å². The molecular weight excluding hydrogens is 232 g/mol. The fourth-order valence-electron chi connectivity index (χ4n) is 0.881. The third-order valence-electron chi connectivity index (χ3n) is 1.44. The van der Waals surface area contributed by atoms with Gasteiger partial charge >= 0.3 is 0 Å². The number of rotatable bonds is 3. The average molecular weight is 247 g/mol. The highest BCUT2D eigenvalue weighted by molar-refractivity contribution is 6.32. The van der Waals surface area contributed by atoms with Crippen molar-refractivity contribution in [1.29, 1.82) is 0 Å². The van der Waals surface area contributed by atoms with Gasteiger partial charge in [-0.15, -0.1) is 0 Å². The molecule has 0 spiro atoms. The summed E-state index contributed by atoms with van der Waals surface area (Å²) < 4.78 is 10.2. The Bertz CT molecular complexity index is 335. The standard InChI is InChI=1S/C9H11ClO2.C2H4O2/c1-3-12-9-5-4-7(11-2)6-8(9)10;1-2(3)4/h4-6H,3H2,1-2H3;1H3,(H,3,4). The fraction of sp³-hybridized carbons (Fsp3) is 0.364. The minimum atomic E-state index is -0.833. The van der Waals surface area contributed by atoms with Crippen LogP contribution in [0.4, 0.5) is 0 Å². The number of halogens is 1. The molecule has 0 aliphatic heterocycles. The van der Waals surface area contributed by atoms with Crippen LogP contribution in [-0.2, 0) is 4.79 Å². The van der Waals surface area contributed by atoms with Gasteiger partial charge in [-0.25, -0.2) is 0 Å². The number of carboxylic acids is 1. The molecule has 0 bridgehead atoms. The number of methoxy groups -OCH3 is 1. The second kappa shape index (κ2) is 7.82. The summed E-state index contributed by atoms with van der Waals surface area (Å²) in [6.07, 6.45) is 0. The van der Waals surface area contributed by atoms with E-state index in [9.17, 15) is 0 Å². The first-order valence-electron chi connectivity index (χ1n) is 4.67. The van der Waals surface area contributed by atoms with Crippen LogP contribution in [0.5, 0.6) is 11.5 Å². The molecule has 0 amide bonds. The van der Waals surface area contributed by atoms with Gasteiger partial charge in [0.05, 0.1) is 18.7 Å². The summed E-state index contributed by atoms with van der Waals surface area (Å²) in [5, 5.41) is 8.00. The summed E-state index contributed by atoms with van der Waals surface area (Å²) in [6.45, 7) is 3.62. The minimum Gasteiger partial charge on any atom is -0.497 e. The van der Waals surface area contributed by atoms with Crippen molar-refractivity contribution in [3.8, 4) is 11.5 Å². The van der Waals surface area contributed by atoms with E-state index < -0.39 is 5.97 Å². The Morgan fingerprint density at radius 3 is 2.44 bits per heavy atom. The average Bonchev–Trinajstić information content (AvgIpc) is 2.20. The van der Waals surface area contributed by atoms with E-state index in [0.717, 1.165) is 12.7 Å². The molecule has 0 aliphatic rings. The zero-order valence-corrected chi connectivity index (χ0v) is 10.2. The molecular formula is C11H15ClO4. The van der Waals surface area contributed by atoms with Gasteiger partial charge in [-0.3, -0.25) is 4.79 Å². The molecule has 0 saturated carbocycles. The number of benzene rings is 1. The number of aliphatic carboxylic acids is 1. The van der Waals surface area contributed by atoms with Crippen molar-refractivity contribution in [1.82, 2.24) is 0 Å². The summed E-state index contributed by atoms with van der Waals surface area (Å²) in [4.78, 5) is 9.00. The molecule has 0 aliphatic carbocycles. The topological polar surface area (TPSA) is 55.8 Å². The van der Waals surface area contributed by atoms with E-state index in [1.54, 1.807) is 19.2 Å². The number of hydrogen-bond acceptors (Lipinski definition) is 3. The third kappa shape index (κ3) is 6.14. The third-order valence-corrected chi connectivity index (χ3v) is 1.73. The summed E-state index contributed by atoms with van der Waals surface area (Å²) in [6, 6.07) is 5.34. The SMILES string of the molecule is CC(=O)O.CCOc1ccc(OC)cc1Cl. The lowest BCUT2D eigenvalue weighted by Gasteiger charge is -2.06. The molecule has 0 atom stereocenters. The highest BCUT2D eigenvalue weighted by atomic mass is 35.5. The van der Waals surface area contributed by atoms with Crippen molar-refractivity contribution in [2.75, 3.05) is 13.7 Å². The van der Waals surface area contributed by atoms with Gasteiger partial charge in [0, 0.05) is 13.0 Å². The van der Waals surface area contributed by atoms with Gasteiger partial charge in [-0.2, -0.15) is 0 Å². The van der Waals surface area contributed by atoms with Gasteiger partial charge in [0.1, 0.15) is 11.5 Å². The highest BCUT2D eigenvalue weighted by Crippen LogP contribution is 2.28. The summed E-state index contributed by atoms with van der Waals surface area (Å²) in [7, 11) is 1.60. The largest absolute Gasteiger partial charge is 0.497 e. The van der Waals surface area contributed by atoms with Gasteiger partial charge in [0.2, 0.25) is 0 Å². The summed E-state index contributed by atoms with van der Waals surface area (Å²) in [5.41, 5.74) is 0. The van der Waals surface area contributed by atoms with Gasteiger partial charge in [0.15, 0.2) is 0 Å². The van der Waals surface area contributed by atoms with Gasteiger partial charge in [-0.1, -0.05) is 11.6 Å². The van der Waals surface area contributed by atoms with Crippen LogP contribution in [0.15, 0.2) is 18.2 Å². The number of ether oxygens (including phenoxy) is 2. The Kier molecular flexibility index (Phi) is 7.12. The first-order chi connectivity index (χ1) is 7.51. The molecule has 0 aromatic heterocycles. The molecule has 4 nitrogen and oxygen atoms in total. The lowest BCUT2D eigenvalue weighted by molar-refractivity contribution is -0.134. The normalized spacial score (nSPS) is 8.75.